The molecule has 1 saturated heterocycles. The van der Waals surface area contributed by atoms with Crippen LogP contribution in [-0.4, -0.2) is 52.6 Å². The van der Waals surface area contributed by atoms with E-state index >= 15 is 0 Å². The number of hydrogen-bond donors (Lipinski definition) is 2. The molecule has 2 rings (SSSR count). The standard InChI is InChI=1S/C15H29N5O/c1-5-20-13(10-12(2)18-20)11-14(17-16)15(3,4)19-6-8-21-9-7-19/h10,14,17H,5-9,11,16H2,1-4H3. The van der Waals surface area contributed by atoms with Crippen LogP contribution in [0.3, 0.4) is 0 Å². The third-order valence-corrected chi connectivity index (χ3v) is 4.58. The topological polar surface area (TPSA) is 68.3 Å². The molecule has 1 atom stereocenters. The van der Waals surface area contributed by atoms with Gasteiger partial charge in [-0.05, 0) is 33.8 Å². The quantitative estimate of drug-likeness (QED) is 0.597. The van der Waals surface area contributed by atoms with Crippen molar-refractivity contribution in [1.29, 1.82) is 0 Å². The van der Waals surface area contributed by atoms with Gasteiger partial charge in [0, 0.05) is 43.3 Å². The van der Waals surface area contributed by atoms with Gasteiger partial charge in [-0.3, -0.25) is 20.9 Å². The minimum absolute atomic E-state index is 0.0325. The third-order valence-electron chi connectivity index (χ3n) is 4.58. The number of nitrogens with one attached hydrogen (secondary N) is 1. The van der Waals surface area contributed by atoms with Crippen molar-refractivity contribution in [1.82, 2.24) is 20.1 Å². The van der Waals surface area contributed by atoms with E-state index in [0.29, 0.717) is 0 Å². The molecule has 1 aromatic heterocycles. The van der Waals surface area contributed by atoms with Crippen LogP contribution in [0.4, 0.5) is 0 Å². The maximum absolute atomic E-state index is 5.87. The van der Waals surface area contributed by atoms with Crippen LogP contribution in [0.1, 0.15) is 32.2 Å². The monoisotopic (exact) mass is 295 g/mol. The fraction of sp³-hybridized carbons (Fsp3) is 0.800. The zero-order chi connectivity index (χ0) is 15.5. The van der Waals surface area contributed by atoms with E-state index in [4.69, 9.17) is 10.6 Å². The number of aromatic nitrogens is 2. The summed E-state index contributed by atoms with van der Waals surface area (Å²) in [5, 5.41) is 4.53. The molecule has 1 unspecified atom stereocenters. The van der Waals surface area contributed by atoms with Gasteiger partial charge in [0.1, 0.15) is 0 Å². The van der Waals surface area contributed by atoms with Gasteiger partial charge in [-0.1, -0.05) is 0 Å². The van der Waals surface area contributed by atoms with Crippen molar-refractivity contribution < 1.29 is 4.74 Å². The Hall–Kier alpha value is -0.950. The minimum atomic E-state index is -0.0325. The Kier molecular flexibility index (Phi) is 5.37. The summed E-state index contributed by atoms with van der Waals surface area (Å²) >= 11 is 0. The van der Waals surface area contributed by atoms with Crippen molar-refractivity contribution in [3.05, 3.63) is 17.5 Å². The Labute approximate surface area is 127 Å². The normalized spacial score (nSPS) is 18.9. The van der Waals surface area contributed by atoms with Gasteiger partial charge < -0.3 is 4.74 Å². The zero-order valence-electron chi connectivity index (χ0n) is 13.7. The van der Waals surface area contributed by atoms with Gasteiger partial charge >= 0.3 is 0 Å². The number of hydrogen-bond acceptors (Lipinski definition) is 5. The van der Waals surface area contributed by atoms with Gasteiger partial charge in [0.25, 0.3) is 0 Å². The van der Waals surface area contributed by atoms with Crippen LogP contribution in [-0.2, 0) is 17.7 Å². The predicted octanol–water partition coefficient (Wildman–Crippen LogP) is 0.697. The highest BCUT2D eigenvalue weighted by molar-refractivity contribution is 5.12. The number of nitrogens with two attached hydrogens (primary N) is 1. The first kappa shape index (κ1) is 16.4. The molecule has 1 aliphatic rings. The largest absolute Gasteiger partial charge is 0.379 e. The molecule has 6 nitrogen and oxygen atoms in total. The first-order valence-electron chi connectivity index (χ1n) is 7.81. The van der Waals surface area contributed by atoms with Crippen molar-refractivity contribution in [3.8, 4) is 0 Å². The highest BCUT2D eigenvalue weighted by atomic mass is 16.5. The SMILES string of the molecule is CCn1nc(C)cc1CC(NN)C(C)(C)N1CCOCC1. The highest BCUT2D eigenvalue weighted by Gasteiger charge is 2.36. The third kappa shape index (κ3) is 3.63. The first-order valence-corrected chi connectivity index (χ1v) is 7.81. The average molecular weight is 295 g/mol. The Morgan fingerprint density at radius 2 is 2.10 bits per heavy atom. The van der Waals surface area contributed by atoms with E-state index in [2.05, 4.69) is 46.9 Å². The first-order chi connectivity index (χ1) is 9.98. The van der Waals surface area contributed by atoms with Gasteiger partial charge in [0.2, 0.25) is 0 Å². The molecule has 0 aliphatic carbocycles. The van der Waals surface area contributed by atoms with Crippen molar-refractivity contribution in [3.63, 3.8) is 0 Å². The smallest absolute Gasteiger partial charge is 0.0596 e. The lowest BCUT2D eigenvalue weighted by molar-refractivity contribution is -0.0235. The summed E-state index contributed by atoms with van der Waals surface area (Å²) in [5.74, 6) is 5.87. The van der Waals surface area contributed by atoms with Crippen LogP contribution < -0.4 is 11.3 Å². The number of rotatable bonds is 6. The fourth-order valence-corrected chi connectivity index (χ4v) is 3.12. The summed E-state index contributed by atoms with van der Waals surface area (Å²) in [5.41, 5.74) is 5.29. The van der Waals surface area contributed by atoms with E-state index < -0.39 is 0 Å². The molecule has 0 aromatic carbocycles. The highest BCUT2D eigenvalue weighted by Crippen LogP contribution is 2.23. The van der Waals surface area contributed by atoms with Crippen LogP contribution in [0.2, 0.25) is 0 Å². The summed E-state index contributed by atoms with van der Waals surface area (Å²) in [4.78, 5) is 2.46. The number of morpholine rings is 1. The van der Waals surface area contributed by atoms with E-state index in [9.17, 15) is 0 Å². The van der Waals surface area contributed by atoms with E-state index in [0.717, 1.165) is 45.0 Å². The maximum atomic E-state index is 5.87. The maximum Gasteiger partial charge on any atom is 0.0596 e. The fourth-order valence-electron chi connectivity index (χ4n) is 3.12. The molecule has 120 valence electrons. The molecular formula is C15H29N5O. The van der Waals surface area contributed by atoms with Gasteiger partial charge in [0.15, 0.2) is 0 Å². The molecule has 0 spiro atoms. The van der Waals surface area contributed by atoms with Crippen molar-refractivity contribution in [2.24, 2.45) is 5.84 Å². The summed E-state index contributed by atoms with van der Waals surface area (Å²) in [7, 11) is 0. The molecule has 3 N–H and O–H groups in total. The van der Waals surface area contributed by atoms with Gasteiger partial charge in [-0.2, -0.15) is 5.10 Å². The van der Waals surface area contributed by atoms with Crippen LogP contribution in [0.5, 0.6) is 0 Å². The van der Waals surface area contributed by atoms with E-state index in [1.54, 1.807) is 0 Å². The number of nitrogens with zero attached hydrogens (tertiary/aromatic N) is 3. The molecule has 21 heavy (non-hydrogen) atoms. The van der Waals surface area contributed by atoms with E-state index in [-0.39, 0.29) is 11.6 Å². The second-order valence-corrected chi connectivity index (χ2v) is 6.27. The lowest BCUT2D eigenvalue weighted by Gasteiger charge is -2.45. The van der Waals surface area contributed by atoms with Crippen molar-refractivity contribution in [2.75, 3.05) is 26.3 Å². The zero-order valence-corrected chi connectivity index (χ0v) is 13.7. The summed E-state index contributed by atoms with van der Waals surface area (Å²) in [6.45, 7) is 13.1. The van der Waals surface area contributed by atoms with E-state index in [1.807, 2.05) is 6.92 Å². The lowest BCUT2D eigenvalue weighted by Crippen LogP contribution is -2.62. The molecule has 1 fully saturated rings. The Balaban J connectivity index is 2.13. The Morgan fingerprint density at radius 3 is 2.67 bits per heavy atom. The molecule has 1 aliphatic heterocycles. The average Bonchev–Trinajstić information content (AvgIpc) is 2.85. The Morgan fingerprint density at radius 1 is 1.43 bits per heavy atom. The number of hydrazine groups is 1. The van der Waals surface area contributed by atoms with Crippen LogP contribution in [0.25, 0.3) is 0 Å². The molecule has 0 saturated carbocycles. The second kappa shape index (κ2) is 6.87. The molecule has 0 bridgehead atoms. The predicted molar refractivity (Wildman–Crippen MR) is 83.9 cm³/mol. The van der Waals surface area contributed by atoms with Gasteiger partial charge in [-0.15, -0.1) is 0 Å². The molecular weight excluding hydrogens is 266 g/mol. The number of ether oxygens (including phenoxy) is 1. The summed E-state index contributed by atoms with van der Waals surface area (Å²) in [6, 6.07) is 2.32. The second-order valence-electron chi connectivity index (χ2n) is 6.27. The van der Waals surface area contributed by atoms with Crippen LogP contribution in [0, 0.1) is 6.92 Å². The Bertz CT molecular complexity index is 451. The summed E-state index contributed by atoms with van der Waals surface area (Å²) in [6.07, 6.45) is 0.871. The molecule has 1 aromatic rings. The lowest BCUT2D eigenvalue weighted by atomic mass is 9.88. The number of aryl methyl sites for hydroxylation is 2. The van der Waals surface area contributed by atoms with Crippen LogP contribution in [0.15, 0.2) is 6.07 Å². The van der Waals surface area contributed by atoms with E-state index in [1.165, 1.54) is 5.69 Å². The van der Waals surface area contributed by atoms with Crippen molar-refractivity contribution in [2.45, 2.75) is 52.2 Å². The molecule has 6 heteroatoms. The minimum Gasteiger partial charge on any atom is -0.379 e. The molecule has 0 amide bonds. The van der Waals surface area contributed by atoms with Crippen molar-refractivity contribution >= 4 is 0 Å². The summed E-state index contributed by atoms with van der Waals surface area (Å²) < 4.78 is 7.52. The van der Waals surface area contributed by atoms with Gasteiger partial charge in [-0.25, -0.2) is 0 Å². The molecule has 2 heterocycles. The van der Waals surface area contributed by atoms with Gasteiger partial charge in [0.05, 0.1) is 18.9 Å². The van der Waals surface area contributed by atoms with Crippen LogP contribution >= 0.6 is 0 Å². The molecule has 0 radical (unpaired) electrons.